The summed E-state index contributed by atoms with van der Waals surface area (Å²) < 4.78 is 7.18. The van der Waals surface area contributed by atoms with E-state index in [-0.39, 0.29) is 10.8 Å². The number of hydrogen-bond acceptors (Lipinski definition) is 1. The van der Waals surface area contributed by atoms with Crippen LogP contribution in [0.4, 0.5) is 0 Å². The Hall–Kier alpha value is -7.69. The lowest BCUT2D eigenvalue weighted by Gasteiger charge is -2.29. The summed E-state index contributed by atoms with van der Waals surface area (Å²) in [4.78, 5) is 5.58. The van der Waals surface area contributed by atoms with Crippen molar-refractivity contribution in [1.82, 2.24) is 18.7 Å². The number of benzene rings is 8. The zero-order valence-electron chi connectivity index (χ0n) is 37.5. The highest BCUT2D eigenvalue weighted by molar-refractivity contribution is 6.11. The van der Waals surface area contributed by atoms with Gasteiger partial charge in [-0.25, -0.2) is 4.98 Å². The van der Waals surface area contributed by atoms with E-state index in [1.165, 1.54) is 76.9 Å². The van der Waals surface area contributed by atoms with Crippen LogP contribution < -0.4 is 0 Å². The first kappa shape index (κ1) is 38.9. The summed E-state index contributed by atoms with van der Waals surface area (Å²) in [5, 5.41) is 7.46. The molecule has 0 aliphatic heterocycles. The van der Waals surface area contributed by atoms with Gasteiger partial charge in [-0.15, -0.1) is 0 Å². The molecule has 314 valence electrons. The van der Waals surface area contributed by atoms with E-state index in [9.17, 15) is 0 Å². The van der Waals surface area contributed by atoms with E-state index >= 15 is 0 Å². The van der Waals surface area contributed by atoms with Crippen molar-refractivity contribution in [3.63, 3.8) is 0 Å². The number of aromatic nitrogens is 4. The molecule has 0 aliphatic carbocycles. The van der Waals surface area contributed by atoms with E-state index in [0.717, 1.165) is 40.1 Å². The Labute approximate surface area is 379 Å². The lowest BCUT2D eigenvalue weighted by Crippen LogP contribution is -2.21. The van der Waals surface area contributed by atoms with E-state index in [0.29, 0.717) is 0 Å². The third-order valence-electron chi connectivity index (χ3n) is 13.8. The van der Waals surface area contributed by atoms with Gasteiger partial charge in [-0.2, -0.15) is 0 Å². The van der Waals surface area contributed by atoms with Crippen molar-refractivity contribution >= 4 is 65.4 Å². The first-order chi connectivity index (χ1) is 31.6. The molecule has 12 rings (SSSR count). The molecule has 0 aliphatic rings. The average Bonchev–Trinajstić information content (AvgIpc) is 3.97. The second kappa shape index (κ2) is 14.7. The van der Waals surface area contributed by atoms with Gasteiger partial charge in [0.15, 0.2) is 0 Å². The van der Waals surface area contributed by atoms with Crippen LogP contribution in [0.2, 0.25) is 0 Å². The van der Waals surface area contributed by atoms with E-state index in [1.807, 2.05) is 0 Å². The molecular weight excluding hydrogens is 789 g/mol. The molecule has 0 spiro atoms. The smallest absolute Gasteiger partial charge is 0.140 e. The van der Waals surface area contributed by atoms with Crippen LogP contribution in [0.1, 0.15) is 51.3 Å². The lowest BCUT2D eigenvalue weighted by molar-refractivity contribution is 0.524. The molecule has 0 amide bonds. The van der Waals surface area contributed by atoms with E-state index in [1.54, 1.807) is 0 Å². The maximum Gasteiger partial charge on any atom is 0.140 e. The zero-order chi connectivity index (χ0) is 44.0. The van der Waals surface area contributed by atoms with Crippen molar-refractivity contribution in [2.24, 2.45) is 0 Å². The number of fused-ring (bicyclic) bond motifs is 9. The molecule has 0 radical (unpaired) electrons. The van der Waals surface area contributed by atoms with E-state index in [2.05, 4.69) is 249 Å². The van der Waals surface area contributed by atoms with Crippen LogP contribution in [-0.4, -0.2) is 18.7 Å². The summed E-state index contributed by atoms with van der Waals surface area (Å²) in [5.41, 5.74) is 14.3. The fourth-order valence-corrected chi connectivity index (χ4v) is 10.7. The first-order valence-electron chi connectivity index (χ1n) is 22.9. The topological polar surface area (TPSA) is 27.7 Å². The number of rotatable bonds is 7. The van der Waals surface area contributed by atoms with Gasteiger partial charge in [-0.3, -0.25) is 9.13 Å². The average molecular weight is 839 g/mol. The standard InChI is InChI=1S/C61H50N4/c1-60(2,3)41-37-58(64-54-31-17-10-24-46(54)47-25-11-18-32-55(47)64)62-59(38-41)65-56-33-19-12-26-48(56)49-36-40(34-35-57(49)65)39-61(4,5)50-27-13-6-20-42(50)43-21-7-14-28-51(43)63-52-29-15-8-22-44(52)45-23-9-16-30-53(45)63/h6-38H,39H2,1-5H3. The van der Waals surface area contributed by atoms with Crippen molar-refractivity contribution in [3.05, 3.63) is 217 Å². The van der Waals surface area contributed by atoms with Crippen molar-refractivity contribution in [2.75, 3.05) is 0 Å². The molecule has 4 heterocycles. The predicted molar refractivity (Wildman–Crippen MR) is 275 cm³/mol. The lowest BCUT2D eigenvalue weighted by atomic mass is 9.75. The molecule has 0 fully saturated rings. The Kier molecular flexibility index (Phi) is 8.80. The molecule has 0 saturated heterocycles. The minimum Gasteiger partial charge on any atom is -0.309 e. The monoisotopic (exact) mass is 838 g/mol. The minimum atomic E-state index is -0.198. The van der Waals surface area contributed by atoms with Crippen LogP contribution in [0.3, 0.4) is 0 Å². The summed E-state index contributed by atoms with van der Waals surface area (Å²) in [5.74, 6) is 1.84. The fraction of sp³-hybridized carbons (Fsp3) is 0.131. The van der Waals surface area contributed by atoms with Crippen LogP contribution in [0.5, 0.6) is 0 Å². The maximum absolute atomic E-state index is 5.58. The molecule has 0 bridgehead atoms. The summed E-state index contributed by atoms with van der Waals surface area (Å²) in [7, 11) is 0. The SMILES string of the molecule is CC(C)(C)c1cc(-n2c3ccccc3c3ccccc32)nc(-n2c3ccccc3c3cc(CC(C)(C)c4ccccc4-c4ccccc4-n4c5ccccc5c5ccccc54)ccc32)c1. The van der Waals surface area contributed by atoms with Gasteiger partial charge in [-0.05, 0) is 100 Å². The summed E-state index contributed by atoms with van der Waals surface area (Å²) in [6.07, 6.45) is 0.868. The molecule has 0 unspecified atom stereocenters. The Morgan fingerprint density at radius 2 is 0.769 bits per heavy atom. The summed E-state index contributed by atoms with van der Waals surface area (Å²) in [6, 6.07) is 73.4. The van der Waals surface area contributed by atoms with E-state index < -0.39 is 0 Å². The molecule has 4 nitrogen and oxygen atoms in total. The molecule has 65 heavy (non-hydrogen) atoms. The van der Waals surface area contributed by atoms with Crippen molar-refractivity contribution < 1.29 is 0 Å². The Morgan fingerprint density at radius 1 is 0.369 bits per heavy atom. The van der Waals surface area contributed by atoms with Crippen LogP contribution in [0.15, 0.2) is 200 Å². The highest BCUT2D eigenvalue weighted by Crippen LogP contribution is 2.42. The molecule has 0 N–H and O–H groups in total. The fourth-order valence-electron chi connectivity index (χ4n) is 10.7. The summed E-state index contributed by atoms with van der Waals surface area (Å²) >= 11 is 0. The molecular formula is C61H50N4. The highest BCUT2D eigenvalue weighted by atomic mass is 15.1. The largest absolute Gasteiger partial charge is 0.309 e. The summed E-state index contributed by atoms with van der Waals surface area (Å²) in [6.45, 7) is 11.7. The van der Waals surface area contributed by atoms with Crippen LogP contribution in [0.25, 0.3) is 93.9 Å². The van der Waals surface area contributed by atoms with Gasteiger partial charge < -0.3 is 4.57 Å². The Bertz CT molecular complexity index is 3720. The quantitative estimate of drug-likeness (QED) is 0.157. The van der Waals surface area contributed by atoms with Crippen LogP contribution in [0, 0.1) is 0 Å². The molecule has 0 atom stereocenters. The van der Waals surface area contributed by atoms with Crippen LogP contribution in [-0.2, 0) is 17.3 Å². The predicted octanol–water partition coefficient (Wildman–Crippen LogP) is 15.9. The molecule has 12 aromatic rings. The highest BCUT2D eigenvalue weighted by Gasteiger charge is 2.28. The molecule has 8 aromatic carbocycles. The second-order valence-electron chi connectivity index (χ2n) is 19.4. The van der Waals surface area contributed by atoms with Gasteiger partial charge in [0.1, 0.15) is 11.6 Å². The second-order valence-corrected chi connectivity index (χ2v) is 19.4. The van der Waals surface area contributed by atoms with Gasteiger partial charge >= 0.3 is 0 Å². The number of pyridine rings is 1. The normalized spacial score (nSPS) is 12.4. The van der Waals surface area contributed by atoms with Crippen LogP contribution >= 0.6 is 0 Å². The minimum absolute atomic E-state index is 0.108. The first-order valence-corrected chi connectivity index (χ1v) is 22.9. The number of nitrogens with zero attached hydrogens (tertiary/aromatic N) is 4. The Balaban J connectivity index is 0.981. The third kappa shape index (κ3) is 6.23. The van der Waals surface area contributed by atoms with Gasteiger partial charge in [0, 0.05) is 37.9 Å². The number of para-hydroxylation sites is 6. The zero-order valence-corrected chi connectivity index (χ0v) is 37.5. The van der Waals surface area contributed by atoms with Crippen molar-refractivity contribution in [1.29, 1.82) is 0 Å². The van der Waals surface area contributed by atoms with Crippen molar-refractivity contribution in [3.8, 4) is 28.5 Å². The van der Waals surface area contributed by atoms with Gasteiger partial charge in [0.25, 0.3) is 0 Å². The van der Waals surface area contributed by atoms with Crippen molar-refractivity contribution in [2.45, 2.75) is 51.9 Å². The van der Waals surface area contributed by atoms with Gasteiger partial charge in [0.2, 0.25) is 0 Å². The third-order valence-corrected chi connectivity index (χ3v) is 13.8. The molecule has 0 saturated carbocycles. The molecule has 4 aromatic heterocycles. The molecule has 4 heteroatoms. The van der Waals surface area contributed by atoms with E-state index in [4.69, 9.17) is 4.98 Å². The van der Waals surface area contributed by atoms with Gasteiger partial charge in [0.05, 0.1) is 38.8 Å². The maximum atomic E-state index is 5.58. The number of hydrogen-bond donors (Lipinski definition) is 0. The van der Waals surface area contributed by atoms with Gasteiger partial charge in [-0.1, -0.05) is 174 Å². The Morgan fingerprint density at radius 3 is 1.28 bits per heavy atom.